The van der Waals surface area contributed by atoms with Crippen LogP contribution < -0.4 is 10.6 Å². The van der Waals surface area contributed by atoms with E-state index in [1.807, 2.05) is 34.9 Å². The molecule has 26 heavy (non-hydrogen) atoms. The maximum Gasteiger partial charge on any atom is 0.241 e. The zero-order valence-corrected chi connectivity index (χ0v) is 15.7. The van der Waals surface area contributed by atoms with E-state index in [2.05, 4.69) is 11.0 Å². The number of nitrogens with zero attached hydrogens (tertiary/aromatic N) is 3. The van der Waals surface area contributed by atoms with E-state index < -0.39 is 0 Å². The topological polar surface area (TPSA) is 69.9 Å². The molecule has 142 valence electrons. The molecule has 1 saturated heterocycles. The van der Waals surface area contributed by atoms with Crippen molar-refractivity contribution in [2.24, 2.45) is 5.73 Å². The smallest absolute Gasteiger partial charge is 0.241 e. The molecular weight excluding hydrogens is 328 g/mol. The molecule has 0 radical (unpaired) electrons. The largest absolute Gasteiger partial charge is 0.340 e. The zero-order chi connectivity index (χ0) is 18.5. The Kier molecular flexibility index (Phi) is 6.27. The minimum absolute atomic E-state index is 0.0604. The third kappa shape index (κ3) is 4.62. The number of hydrogen-bond acceptors (Lipinski definition) is 4. The van der Waals surface area contributed by atoms with Gasteiger partial charge in [-0.2, -0.15) is 0 Å². The summed E-state index contributed by atoms with van der Waals surface area (Å²) in [6, 6.07) is 8.25. The van der Waals surface area contributed by atoms with E-state index in [0.717, 1.165) is 44.6 Å². The van der Waals surface area contributed by atoms with Crippen molar-refractivity contribution in [3.8, 4) is 0 Å². The molecule has 0 saturated carbocycles. The van der Waals surface area contributed by atoms with Crippen molar-refractivity contribution in [1.82, 2.24) is 9.80 Å². The van der Waals surface area contributed by atoms with Crippen LogP contribution in [0.15, 0.2) is 24.3 Å². The first kappa shape index (κ1) is 18.9. The van der Waals surface area contributed by atoms with Gasteiger partial charge in [0.25, 0.3) is 0 Å². The zero-order valence-electron chi connectivity index (χ0n) is 15.7. The third-order valence-electron chi connectivity index (χ3n) is 5.31. The Morgan fingerprint density at radius 1 is 1.08 bits per heavy atom. The lowest BCUT2D eigenvalue weighted by Gasteiger charge is -2.36. The first-order chi connectivity index (χ1) is 12.5. The lowest BCUT2D eigenvalue weighted by atomic mass is 10.0. The summed E-state index contributed by atoms with van der Waals surface area (Å²) in [5.74, 6) is 0.340. The highest BCUT2D eigenvalue weighted by atomic mass is 16.2. The van der Waals surface area contributed by atoms with E-state index in [4.69, 9.17) is 5.73 Å². The van der Waals surface area contributed by atoms with Crippen molar-refractivity contribution < 1.29 is 9.59 Å². The van der Waals surface area contributed by atoms with Crippen LogP contribution in [-0.4, -0.2) is 66.9 Å². The van der Waals surface area contributed by atoms with Gasteiger partial charge in [-0.15, -0.1) is 0 Å². The van der Waals surface area contributed by atoms with E-state index in [1.54, 1.807) is 0 Å². The molecule has 3 rings (SSSR count). The second-order valence-electron chi connectivity index (χ2n) is 7.45. The van der Waals surface area contributed by atoms with Crippen LogP contribution in [0.3, 0.4) is 0 Å². The minimum Gasteiger partial charge on any atom is -0.340 e. The van der Waals surface area contributed by atoms with Crippen LogP contribution in [0.25, 0.3) is 0 Å². The van der Waals surface area contributed by atoms with Crippen molar-refractivity contribution in [2.45, 2.75) is 38.6 Å². The van der Waals surface area contributed by atoms with Gasteiger partial charge in [-0.1, -0.05) is 18.2 Å². The quantitative estimate of drug-likeness (QED) is 0.860. The Hall–Kier alpha value is -1.92. The maximum atomic E-state index is 12.8. The predicted octanol–water partition coefficient (Wildman–Crippen LogP) is 1.24. The second-order valence-corrected chi connectivity index (χ2v) is 7.45. The molecule has 6 heteroatoms. The number of fused-ring (bicyclic) bond motifs is 1. The molecule has 2 N–H and O–H groups in total. The lowest BCUT2D eigenvalue weighted by molar-refractivity contribution is -0.133. The van der Waals surface area contributed by atoms with Gasteiger partial charge in [0.05, 0.1) is 6.54 Å². The fourth-order valence-corrected chi connectivity index (χ4v) is 3.73. The molecule has 0 aromatic heterocycles. The molecular formula is C20H30N4O2. The molecule has 2 amide bonds. The number of carbonyl (C=O) groups excluding carboxylic acids is 2. The fraction of sp³-hybridized carbons (Fsp3) is 0.600. The van der Waals surface area contributed by atoms with Crippen LogP contribution in [0.1, 0.15) is 31.7 Å². The number of amides is 2. The number of benzene rings is 1. The lowest BCUT2D eigenvalue weighted by Crippen LogP contribution is -2.52. The van der Waals surface area contributed by atoms with Crippen molar-refractivity contribution in [2.75, 3.05) is 44.2 Å². The fourth-order valence-electron chi connectivity index (χ4n) is 3.73. The first-order valence-corrected chi connectivity index (χ1v) is 9.68. The molecule has 1 aromatic rings. The van der Waals surface area contributed by atoms with Crippen molar-refractivity contribution >= 4 is 17.5 Å². The normalized spacial score (nSPS) is 19.2. The summed E-state index contributed by atoms with van der Waals surface area (Å²) < 4.78 is 0. The molecule has 0 spiro atoms. The number of nitrogens with two attached hydrogens (primary N) is 1. The van der Waals surface area contributed by atoms with Crippen molar-refractivity contribution in [1.29, 1.82) is 0 Å². The highest BCUT2D eigenvalue weighted by molar-refractivity contribution is 5.96. The Balaban J connectivity index is 1.49. The van der Waals surface area contributed by atoms with Gasteiger partial charge < -0.3 is 15.5 Å². The molecule has 2 aliphatic rings. The standard InChI is InChI=1S/C20H30N4O2/c1-16(21)8-9-19(25)23-13-11-22(12-14-23)15-20(26)24-10-4-6-17-5-2-3-7-18(17)24/h2-3,5,7,16H,4,6,8-15,21H2,1H3. The Morgan fingerprint density at radius 2 is 1.81 bits per heavy atom. The number of anilines is 1. The van der Waals surface area contributed by atoms with Gasteiger partial charge >= 0.3 is 0 Å². The molecule has 1 atom stereocenters. The van der Waals surface area contributed by atoms with Crippen LogP contribution in [0.4, 0.5) is 5.69 Å². The molecule has 2 heterocycles. The number of aryl methyl sites for hydroxylation is 1. The minimum atomic E-state index is 0.0604. The van der Waals surface area contributed by atoms with Gasteiger partial charge in [0.2, 0.25) is 11.8 Å². The Labute approximate surface area is 155 Å². The van der Waals surface area contributed by atoms with E-state index in [9.17, 15) is 9.59 Å². The number of para-hydroxylation sites is 1. The van der Waals surface area contributed by atoms with Gasteiger partial charge in [-0.25, -0.2) is 0 Å². The van der Waals surface area contributed by atoms with Gasteiger partial charge in [-0.05, 0) is 37.8 Å². The van der Waals surface area contributed by atoms with E-state index in [1.165, 1.54) is 5.56 Å². The summed E-state index contributed by atoms with van der Waals surface area (Å²) in [5.41, 5.74) is 8.06. The Morgan fingerprint density at radius 3 is 2.54 bits per heavy atom. The van der Waals surface area contributed by atoms with Crippen LogP contribution in [0.5, 0.6) is 0 Å². The van der Waals surface area contributed by atoms with Gasteiger partial charge in [0.15, 0.2) is 0 Å². The highest BCUT2D eigenvalue weighted by Gasteiger charge is 2.26. The number of carbonyl (C=O) groups is 2. The summed E-state index contributed by atoms with van der Waals surface area (Å²) in [7, 11) is 0. The number of rotatable bonds is 5. The summed E-state index contributed by atoms with van der Waals surface area (Å²) >= 11 is 0. The molecule has 1 unspecified atom stereocenters. The summed E-state index contributed by atoms with van der Waals surface area (Å²) in [6.45, 7) is 6.05. The average Bonchev–Trinajstić information content (AvgIpc) is 2.66. The summed E-state index contributed by atoms with van der Waals surface area (Å²) in [5, 5.41) is 0. The number of piperazine rings is 1. The second kappa shape index (κ2) is 8.64. The van der Waals surface area contributed by atoms with Crippen molar-refractivity contribution in [3.05, 3.63) is 29.8 Å². The van der Waals surface area contributed by atoms with Gasteiger partial charge in [0.1, 0.15) is 0 Å². The van der Waals surface area contributed by atoms with Crippen LogP contribution in [-0.2, 0) is 16.0 Å². The molecule has 2 aliphatic heterocycles. The van der Waals surface area contributed by atoms with Crippen LogP contribution in [0.2, 0.25) is 0 Å². The summed E-state index contributed by atoms with van der Waals surface area (Å²) in [4.78, 5) is 31.0. The predicted molar refractivity (Wildman–Crippen MR) is 103 cm³/mol. The van der Waals surface area contributed by atoms with Gasteiger partial charge in [0, 0.05) is 50.9 Å². The molecule has 1 fully saturated rings. The first-order valence-electron chi connectivity index (χ1n) is 9.68. The van der Waals surface area contributed by atoms with Gasteiger partial charge in [-0.3, -0.25) is 14.5 Å². The van der Waals surface area contributed by atoms with E-state index >= 15 is 0 Å². The van der Waals surface area contributed by atoms with Crippen LogP contribution >= 0.6 is 0 Å². The number of hydrogen-bond donors (Lipinski definition) is 1. The monoisotopic (exact) mass is 358 g/mol. The molecule has 0 aliphatic carbocycles. The SMILES string of the molecule is CC(N)CCC(=O)N1CCN(CC(=O)N2CCCc3ccccc32)CC1. The van der Waals surface area contributed by atoms with E-state index in [0.29, 0.717) is 26.1 Å². The Bertz CT molecular complexity index is 638. The highest BCUT2D eigenvalue weighted by Crippen LogP contribution is 2.26. The van der Waals surface area contributed by atoms with Crippen molar-refractivity contribution in [3.63, 3.8) is 0 Å². The summed E-state index contributed by atoms with van der Waals surface area (Å²) in [6.07, 6.45) is 3.31. The third-order valence-corrected chi connectivity index (χ3v) is 5.31. The maximum absolute atomic E-state index is 12.8. The average molecular weight is 358 g/mol. The van der Waals surface area contributed by atoms with Crippen LogP contribution in [0, 0.1) is 0 Å². The molecule has 6 nitrogen and oxygen atoms in total. The molecule has 1 aromatic carbocycles. The van der Waals surface area contributed by atoms with E-state index in [-0.39, 0.29) is 17.9 Å². The molecule has 0 bridgehead atoms.